The highest BCUT2D eigenvalue weighted by molar-refractivity contribution is 6.30. The molecule has 1 heterocycles. The maximum absolute atomic E-state index is 12.4. The predicted molar refractivity (Wildman–Crippen MR) is 88.9 cm³/mol. The number of hydrogen-bond acceptors (Lipinski definition) is 3. The molecule has 1 fully saturated rings. The highest BCUT2D eigenvalue weighted by Crippen LogP contribution is 2.23. The van der Waals surface area contributed by atoms with E-state index < -0.39 is 0 Å². The summed E-state index contributed by atoms with van der Waals surface area (Å²) in [5.41, 5.74) is 1.66. The Bertz CT molecular complexity index is 681. The van der Waals surface area contributed by atoms with Crippen LogP contribution in [0.2, 0.25) is 5.02 Å². The number of benzene rings is 2. The van der Waals surface area contributed by atoms with Gasteiger partial charge in [-0.2, -0.15) is 0 Å². The maximum atomic E-state index is 12.4. The fourth-order valence-corrected chi connectivity index (χ4v) is 2.62. The molecule has 1 amide bonds. The van der Waals surface area contributed by atoms with Crippen LogP contribution in [-0.4, -0.2) is 37.1 Å². The van der Waals surface area contributed by atoms with Gasteiger partial charge in [0.05, 0.1) is 25.4 Å². The summed E-state index contributed by atoms with van der Waals surface area (Å²) in [7, 11) is 1.57. The smallest absolute Gasteiger partial charge is 0.257 e. The van der Waals surface area contributed by atoms with E-state index in [1.54, 1.807) is 24.1 Å². The molecule has 2 aromatic carbocycles. The first-order valence-corrected chi connectivity index (χ1v) is 7.83. The number of likely N-dealkylation sites (tertiary alicyclic amines) is 1. The van der Waals surface area contributed by atoms with Gasteiger partial charge in [-0.1, -0.05) is 35.9 Å². The lowest BCUT2D eigenvalue weighted by Gasteiger charge is -2.39. The molecule has 0 aliphatic carbocycles. The average Bonchev–Trinajstić information content (AvgIpc) is 2.54. The van der Waals surface area contributed by atoms with Gasteiger partial charge in [0.1, 0.15) is 5.75 Å². The van der Waals surface area contributed by atoms with Crippen molar-refractivity contribution in [3.05, 3.63) is 64.7 Å². The number of ether oxygens (including phenoxy) is 2. The van der Waals surface area contributed by atoms with Crippen molar-refractivity contribution < 1.29 is 14.3 Å². The Balaban J connectivity index is 1.50. The topological polar surface area (TPSA) is 38.8 Å². The Morgan fingerprint density at radius 3 is 2.57 bits per heavy atom. The summed E-state index contributed by atoms with van der Waals surface area (Å²) in [6, 6.07) is 14.8. The summed E-state index contributed by atoms with van der Waals surface area (Å²) < 4.78 is 11.0. The highest BCUT2D eigenvalue weighted by atomic mass is 35.5. The van der Waals surface area contributed by atoms with E-state index in [4.69, 9.17) is 21.1 Å². The third kappa shape index (κ3) is 3.66. The molecule has 0 N–H and O–H groups in total. The number of hydrogen-bond donors (Lipinski definition) is 0. The molecule has 0 atom stereocenters. The van der Waals surface area contributed by atoms with Crippen LogP contribution in [0.5, 0.6) is 5.75 Å². The Hall–Kier alpha value is -2.04. The zero-order valence-electron chi connectivity index (χ0n) is 12.9. The number of halogens is 1. The van der Waals surface area contributed by atoms with E-state index in [2.05, 4.69) is 0 Å². The maximum Gasteiger partial charge on any atom is 0.257 e. The summed E-state index contributed by atoms with van der Waals surface area (Å²) >= 11 is 5.85. The van der Waals surface area contributed by atoms with Crippen LogP contribution in [0.4, 0.5) is 0 Å². The normalized spacial score (nSPS) is 14.4. The highest BCUT2D eigenvalue weighted by Gasteiger charge is 2.32. The van der Waals surface area contributed by atoms with Crippen molar-refractivity contribution in [2.45, 2.75) is 12.7 Å². The second kappa shape index (κ2) is 7.02. The Labute approximate surface area is 140 Å². The van der Waals surface area contributed by atoms with E-state index in [1.165, 1.54) is 0 Å². The van der Waals surface area contributed by atoms with Crippen LogP contribution >= 0.6 is 11.6 Å². The predicted octanol–water partition coefficient (Wildman–Crippen LogP) is 3.39. The molecule has 0 unspecified atom stereocenters. The molecule has 0 spiro atoms. The van der Waals surface area contributed by atoms with Gasteiger partial charge >= 0.3 is 0 Å². The number of amides is 1. The van der Waals surface area contributed by atoms with Gasteiger partial charge in [0.2, 0.25) is 0 Å². The third-order valence-electron chi connectivity index (χ3n) is 3.87. The lowest BCUT2D eigenvalue weighted by atomic mass is 10.1. The van der Waals surface area contributed by atoms with Gasteiger partial charge in [0.25, 0.3) is 5.91 Å². The molecule has 120 valence electrons. The lowest BCUT2D eigenvalue weighted by molar-refractivity contribution is -0.0503. The number of carbonyl (C=O) groups is 1. The summed E-state index contributed by atoms with van der Waals surface area (Å²) in [6.07, 6.45) is 0.0735. The van der Waals surface area contributed by atoms with Crippen molar-refractivity contribution in [3.63, 3.8) is 0 Å². The first-order chi connectivity index (χ1) is 11.2. The van der Waals surface area contributed by atoms with Gasteiger partial charge in [0, 0.05) is 18.1 Å². The van der Waals surface area contributed by atoms with Crippen LogP contribution in [0, 0.1) is 0 Å². The van der Waals surface area contributed by atoms with Crippen LogP contribution in [0.15, 0.2) is 48.5 Å². The minimum Gasteiger partial charge on any atom is -0.496 e. The number of nitrogens with zero attached hydrogens (tertiary/aromatic N) is 1. The summed E-state index contributed by atoms with van der Waals surface area (Å²) in [6.45, 7) is 1.73. The van der Waals surface area contributed by atoms with E-state index in [-0.39, 0.29) is 12.0 Å². The molecule has 0 radical (unpaired) electrons. The van der Waals surface area contributed by atoms with Gasteiger partial charge in [0.15, 0.2) is 0 Å². The molecular formula is C18H18ClNO3. The molecule has 1 saturated heterocycles. The quantitative estimate of drug-likeness (QED) is 0.843. The first kappa shape index (κ1) is 15.8. The zero-order valence-corrected chi connectivity index (χ0v) is 13.6. The monoisotopic (exact) mass is 331 g/mol. The first-order valence-electron chi connectivity index (χ1n) is 7.45. The van der Waals surface area contributed by atoms with Crippen molar-refractivity contribution in [2.75, 3.05) is 20.2 Å². The van der Waals surface area contributed by atoms with E-state index in [9.17, 15) is 4.79 Å². The average molecular weight is 332 g/mol. The molecule has 0 aromatic heterocycles. The van der Waals surface area contributed by atoms with Gasteiger partial charge < -0.3 is 14.4 Å². The third-order valence-corrected chi connectivity index (χ3v) is 4.12. The molecule has 2 aromatic rings. The number of methoxy groups -OCH3 is 1. The van der Waals surface area contributed by atoms with Gasteiger partial charge in [-0.05, 0) is 29.8 Å². The SMILES string of the molecule is COc1ccccc1C(=O)N1CC(OCc2ccc(Cl)cc2)C1. The van der Waals surface area contributed by atoms with E-state index in [0.29, 0.717) is 36.0 Å². The van der Waals surface area contributed by atoms with E-state index >= 15 is 0 Å². The molecule has 23 heavy (non-hydrogen) atoms. The van der Waals surface area contributed by atoms with Crippen LogP contribution < -0.4 is 4.74 Å². The zero-order chi connectivity index (χ0) is 16.2. The molecule has 0 bridgehead atoms. The molecule has 4 nitrogen and oxygen atoms in total. The second-order valence-electron chi connectivity index (χ2n) is 5.47. The van der Waals surface area contributed by atoms with Crippen molar-refractivity contribution in [2.24, 2.45) is 0 Å². The van der Waals surface area contributed by atoms with Crippen LogP contribution in [0.1, 0.15) is 15.9 Å². The lowest BCUT2D eigenvalue weighted by Crippen LogP contribution is -2.54. The van der Waals surface area contributed by atoms with Crippen LogP contribution in [0.25, 0.3) is 0 Å². The van der Waals surface area contributed by atoms with Gasteiger partial charge in [-0.25, -0.2) is 0 Å². The Morgan fingerprint density at radius 1 is 1.17 bits per heavy atom. The molecule has 1 aliphatic rings. The Morgan fingerprint density at radius 2 is 1.87 bits per heavy atom. The van der Waals surface area contributed by atoms with Crippen molar-refractivity contribution in [1.82, 2.24) is 4.90 Å². The van der Waals surface area contributed by atoms with Crippen molar-refractivity contribution >= 4 is 17.5 Å². The molecule has 3 rings (SSSR count). The summed E-state index contributed by atoms with van der Waals surface area (Å²) in [5, 5.41) is 0.714. The minimum atomic E-state index is -0.0196. The summed E-state index contributed by atoms with van der Waals surface area (Å²) in [4.78, 5) is 14.2. The largest absolute Gasteiger partial charge is 0.496 e. The van der Waals surface area contributed by atoms with Crippen LogP contribution in [0.3, 0.4) is 0 Å². The number of para-hydroxylation sites is 1. The van der Waals surface area contributed by atoms with E-state index in [1.807, 2.05) is 36.4 Å². The second-order valence-corrected chi connectivity index (χ2v) is 5.91. The number of carbonyl (C=O) groups excluding carboxylic acids is 1. The van der Waals surface area contributed by atoms with Crippen molar-refractivity contribution in [3.8, 4) is 5.75 Å². The standard InChI is InChI=1S/C18H18ClNO3/c1-22-17-5-3-2-4-16(17)18(21)20-10-15(11-20)23-12-13-6-8-14(19)9-7-13/h2-9,15H,10-12H2,1H3. The minimum absolute atomic E-state index is 0.0196. The fraction of sp³-hybridized carbons (Fsp3) is 0.278. The number of rotatable bonds is 5. The van der Waals surface area contributed by atoms with Gasteiger partial charge in [-0.3, -0.25) is 4.79 Å². The molecule has 5 heteroatoms. The fourth-order valence-electron chi connectivity index (χ4n) is 2.50. The molecule has 1 aliphatic heterocycles. The van der Waals surface area contributed by atoms with E-state index in [0.717, 1.165) is 5.56 Å². The Kier molecular flexibility index (Phi) is 4.84. The van der Waals surface area contributed by atoms with Crippen molar-refractivity contribution in [1.29, 1.82) is 0 Å². The van der Waals surface area contributed by atoms with Crippen LogP contribution in [-0.2, 0) is 11.3 Å². The van der Waals surface area contributed by atoms with Gasteiger partial charge in [-0.15, -0.1) is 0 Å². The summed E-state index contributed by atoms with van der Waals surface area (Å²) in [5.74, 6) is 0.580. The molecule has 0 saturated carbocycles. The molecular weight excluding hydrogens is 314 g/mol.